The van der Waals surface area contributed by atoms with Crippen LogP contribution < -0.4 is 5.32 Å². The molecule has 0 radical (unpaired) electrons. The van der Waals surface area contributed by atoms with Gasteiger partial charge in [0.2, 0.25) is 0 Å². The molecule has 0 spiro atoms. The van der Waals surface area contributed by atoms with E-state index in [0.29, 0.717) is 0 Å². The summed E-state index contributed by atoms with van der Waals surface area (Å²) in [7, 11) is 1.91. The summed E-state index contributed by atoms with van der Waals surface area (Å²) in [4.78, 5) is 1.25. The Bertz CT molecular complexity index is 542. The van der Waals surface area contributed by atoms with Gasteiger partial charge < -0.3 is 5.32 Å². The van der Waals surface area contributed by atoms with E-state index in [1.807, 2.05) is 13.1 Å². The molecule has 1 N–H and O–H groups in total. The summed E-state index contributed by atoms with van der Waals surface area (Å²) in [5.74, 6) is 0.696. The van der Waals surface area contributed by atoms with Gasteiger partial charge in [-0.1, -0.05) is 29.8 Å². The van der Waals surface area contributed by atoms with Crippen LogP contribution >= 0.6 is 11.8 Å². The first kappa shape index (κ1) is 14.1. The average Bonchev–Trinajstić information content (AvgIpc) is 2.40. The van der Waals surface area contributed by atoms with Crippen molar-refractivity contribution in [1.82, 2.24) is 5.32 Å². The molecule has 0 heterocycles. The van der Waals surface area contributed by atoms with Crippen LogP contribution in [0.1, 0.15) is 17.2 Å². The Balaban J connectivity index is 2.04. The predicted octanol–water partition coefficient (Wildman–Crippen LogP) is 4.19. The van der Waals surface area contributed by atoms with E-state index in [2.05, 4.69) is 36.5 Å². The van der Waals surface area contributed by atoms with Gasteiger partial charge in [0.05, 0.1) is 0 Å². The van der Waals surface area contributed by atoms with Crippen LogP contribution in [0.4, 0.5) is 4.39 Å². The van der Waals surface area contributed by atoms with E-state index in [-0.39, 0.29) is 11.9 Å². The number of aryl methyl sites for hydroxylation is 1. The Morgan fingerprint density at radius 2 is 1.95 bits per heavy atom. The van der Waals surface area contributed by atoms with Gasteiger partial charge in [0.15, 0.2) is 0 Å². The second-order valence-corrected chi connectivity index (χ2v) is 5.62. The third-order valence-corrected chi connectivity index (χ3v) is 4.09. The molecule has 0 saturated heterocycles. The average molecular weight is 275 g/mol. The molecule has 1 nitrogen and oxygen atoms in total. The lowest BCUT2D eigenvalue weighted by molar-refractivity contribution is 0.611. The number of rotatable bonds is 5. The van der Waals surface area contributed by atoms with Crippen molar-refractivity contribution in [2.24, 2.45) is 0 Å². The van der Waals surface area contributed by atoms with Crippen molar-refractivity contribution in [3.05, 3.63) is 65.5 Å². The SMILES string of the molecule is CNC(CSc1cccc(C)c1)c1cccc(F)c1. The predicted molar refractivity (Wildman–Crippen MR) is 80.1 cm³/mol. The summed E-state index contributed by atoms with van der Waals surface area (Å²) in [6, 6.07) is 15.4. The van der Waals surface area contributed by atoms with E-state index in [9.17, 15) is 4.39 Å². The molecule has 0 bridgehead atoms. The van der Waals surface area contributed by atoms with Crippen LogP contribution in [-0.2, 0) is 0 Å². The zero-order chi connectivity index (χ0) is 13.7. The van der Waals surface area contributed by atoms with E-state index in [1.165, 1.54) is 16.5 Å². The fraction of sp³-hybridized carbons (Fsp3) is 0.250. The van der Waals surface area contributed by atoms with Gasteiger partial charge in [-0.15, -0.1) is 11.8 Å². The molecule has 0 amide bonds. The summed E-state index contributed by atoms with van der Waals surface area (Å²) in [5.41, 5.74) is 2.25. The molecule has 1 atom stereocenters. The Hall–Kier alpha value is -1.32. The molecule has 2 rings (SSSR count). The number of thioether (sulfide) groups is 1. The minimum absolute atomic E-state index is 0.154. The van der Waals surface area contributed by atoms with Crippen LogP contribution in [0.25, 0.3) is 0 Å². The molecular formula is C16H18FNS. The van der Waals surface area contributed by atoms with Gasteiger partial charge in [-0.05, 0) is 43.8 Å². The first-order valence-corrected chi connectivity index (χ1v) is 7.30. The van der Waals surface area contributed by atoms with Crippen LogP contribution in [0.3, 0.4) is 0 Å². The Morgan fingerprint density at radius 1 is 1.16 bits per heavy atom. The number of hydrogen-bond donors (Lipinski definition) is 1. The molecule has 0 aromatic heterocycles. The minimum Gasteiger partial charge on any atom is -0.312 e. The van der Waals surface area contributed by atoms with Crippen molar-refractivity contribution < 1.29 is 4.39 Å². The fourth-order valence-corrected chi connectivity index (χ4v) is 3.12. The molecule has 0 aliphatic carbocycles. The summed E-state index contributed by atoms with van der Waals surface area (Å²) < 4.78 is 13.2. The Morgan fingerprint density at radius 3 is 2.63 bits per heavy atom. The van der Waals surface area contributed by atoms with Crippen molar-refractivity contribution in [3.8, 4) is 0 Å². The number of nitrogens with one attached hydrogen (secondary N) is 1. The molecular weight excluding hydrogens is 257 g/mol. The Labute approximate surface area is 118 Å². The van der Waals surface area contributed by atoms with Gasteiger partial charge in [0, 0.05) is 16.7 Å². The summed E-state index contributed by atoms with van der Waals surface area (Å²) in [5, 5.41) is 3.24. The van der Waals surface area contributed by atoms with E-state index >= 15 is 0 Å². The van der Waals surface area contributed by atoms with Gasteiger partial charge in [-0.3, -0.25) is 0 Å². The molecule has 19 heavy (non-hydrogen) atoms. The summed E-state index contributed by atoms with van der Waals surface area (Å²) >= 11 is 1.78. The Kier molecular flexibility index (Phi) is 5.00. The molecule has 3 heteroatoms. The minimum atomic E-state index is -0.182. The van der Waals surface area contributed by atoms with Crippen LogP contribution in [0, 0.1) is 12.7 Å². The molecule has 0 aliphatic rings. The maximum absolute atomic E-state index is 13.2. The fourth-order valence-electron chi connectivity index (χ4n) is 1.95. The molecule has 100 valence electrons. The lowest BCUT2D eigenvalue weighted by Crippen LogP contribution is -2.18. The smallest absolute Gasteiger partial charge is 0.123 e. The number of benzene rings is 2. The highest BCUT2D eigenvalue weighted by Gasteiger charge is 2.10. The van der Waals surface area contributed by atoms with Gasteiger partial charge in [0.1, 0.15) is 5.82 Å². The molecule has 1 unspecified atom stereocenters. The molecule has 0 aliphatic heterocycles. The first-order chi connectivity index (χ1) is 9.19. The van der Waals surface area contributed by atoms with Crippen molar-refractivity contribution in [2.75, 3.05) is 12.8 Å². The standard InChI is InChI=1S/C16H18FNS/c1-12-5-3-8-15(9-12)19-11-16(18-2)13-6-4-7-14(17)10-13/h3-10,16,18H,11H2,1-2H3. The number of halogens is 1. The molecule has 0 saturated carbocycles. The second kappa shape index (κ2) is 6.73. The normalized spacial score (nSPS) is 12.4. The van der Waals surface area contributed by atoms with Crippen molar-refractivity contribution in [1.29, 1.82) is 0 Å². The quantitative estimate of drug-likeness (QED) is 0.821. The zero-order valence-corrected chi connectivity index (χ0v) is 12.0. The largest absolute Gasteiger partial charge is 0.312 e. The number of hydrogen-bond acceptors (Lipinski definition) is 2. The third-order valence-electron chi connectivity index (χ3n) is 3.01. The third kappa shape index (κ3) is 4.08. The lowest BCUT2D eigenvalue weighted by Gasteiger charge is -2.16. The molecule has 0 fully saturated rings. The monoisotopic (exact) mass is 275 g/mol. The maximum atomic E-state index is 13.2. The maximum Gasteiger partial charge on any atom is 0.123 e. The van der Waals surface area contributed by atoms with Crippen LogP contribution in [0.15, 0.2) is 53.4 Å². The van der Waals surface area contributed by atoms with Crippen LogP contribution in [0.5, 0.6) is 0 Å². The molecule has 2 aromatic rings. The van der Waals surface area contributed by atoms with Gasteiger partial charge >= 0.3 is 0 Å². The molecule has 2 aromatic carbocycles. The van der Waals surface area contributed by atoms with Crippen molar-refractivity contribution in [3.63, 3.8) is 0 Å². The summed E-state index contributed by atoms with van der Waals surface area (Å²) in [6.07, 6.45) is 0. The van der Waals surface area contributed by atoms with Crippen molar-refractivity contribution in [2.45, 2.75) is 17.9 Å². The van der Waals surface area contributed by atoms with Crippen LogP contribution in [0.2, 0.25) is 0 Å². The van der Waals surface area contributed by atoms with E-state index in [0.717, 1.165) is 11.3 Å². The second-order valence-electron chi connectivity index (χ2n) is 4.52. The highest BCUT2D eigenvalue weighted by molar-refractivity contribution is 7.99. The summed E-state index contributed by atoms with van der Waals surface area (Å²) in [6.45, 7) is 2.09. The van der Waals surface area contributed by atoms with Gasteiger partial charge in [-0.25, -0.2) is 4.39 Å². The van der Waals surface area contributed by atoms with E-state index in [4.69, 9.17) is 0 Å². The van der Waals surface area contributed by atoms with Gasteiger partial charge in [0.25, 0.3) is 0 Å². The highest BCUT2D eigenvalue weighted by Crippen LogP contribution is 2.25. The lowest BCUT2D eigenvalue weighted by atomic mass is 10.1. The van der Waals surface area contributed by atoms with Crippen molar-refractivity contribution >= 4 is 11.8 Å². The topological polar surface area (TPSA) is 12.0 Å². The first-order valence-electron chi connectivity index (χ1n) is 6.31. The zero-order valence-electron chi connectivity index (χ0n) is 11.2. The van der Waals surface area contributed by atoms with E-state index in [1.54, 1.807) is 23.9 Å². The highest BCUT2D eigenvalue weighted by atomic mass is 32.2. The van der Waals surface area contributed by atoms with Gasteiger partial charge in [-0.2, -0.15) is 0 Å². The van der Waals surface area contributed by atoms with Crippen LogP contribution in [-0.4, -0.2) is 12.8 Å². The van der Waals surface area contributed by atoms with E-state index < -0.39 is 0 Å².